The molecule has 0 aromatic carbocycles. The van der Waals surface area contributed by atoms with Crippen molar-refractivity contribution in [3.8, 4) is 0 Å². The predicted molar refractivity (Wildman–Crippen MR) is 46.8 cm³/mol. The third-order valence-corrected chi connectivity index (χ3v) is 2.68. The van der Waals surface area contributed by atoms with E-state index in [1.165, 1.54) is 7.11 Å². The van der Waals surface area contributed by atoms with E-state index < -0.39 is 0 Å². The first-order chi connectivity index (χ1) is 6.27. The van der Waals surface area contributed by atoms with Gasteiger partial charge in [-0.3, -0.25) is 0 Å². The fraction of sp³-hybridized carbons (Fsp3) is 0.500. The SMILES string of the molecule is COC(=O)C1=C(OC)C2C=CC1C2. The summed E-state index contributed by atoms with van der Waals surface area (Å²) in [5.41, 5.74) is 0.706. The van der Waals surface area contributed by atoms with Crippen LogP contribution in [-0.2, 0) is 14.3 Å². The molecule has 3 heteroatoms. The molecule has 0 fully saturated rings. The Hall–Kier alpha value is -1.25. The van der Waals surface area contributed by atoms with E-state index in [2.05, 4.69) is 12.2 Å². The van der Waals surface area contributed by atoms with E-state index in [1.807, 2.05) is 0 Å². The molecule has 2 rings (SSSR count). The van der Waals surface area contributed by atoms with Crippen molar-refractivity contribution in [2.45, 2.75) is 6.42 Å². The number of hydrogen-bond acceptors (Lipinski definition) is 3. The average Bonchev–Trinajstić information content (AvgIpc) is 2.74. The second-order valence-corrected chi connectivity index (χ2v) is 3.31. The van der Waals surface area contributed by atoms with Crippen LogP contribution in [0.3, 0.4) is 0 Å². The van der Waals surface area contributed by atoms with Gasteiger partial charge in [0.1, 0.15) is 5.76 Å². The van der Waals surface area contributed by atoms with Gasteiger partial charge in [-0.15, -0.1) is 0 Å². The highest BCUT2D eigenvalue weighted by Crippen LogP contribution is 2.44. The van der Waals surface area contributed by atoms with Crippen molar-refractivity contribution in [3.63, 3.8) is 0 Å². The van der Waals surface area contributed by atoms with Crippen molar-refractivity contribution in [1.29, 1.82) is 0 Å². The van der Waals surface area contributed by atoms with E-state index in [0.29, 0.717) is 11.5 Å². The van der Waals surface area contributed by atoms with Crippen LogP contribution in [0.15, 0.2) is 23.5 Å². The summed E-state index contributed by atoms with van der Waals surface area (Å²) in [4.78, 5) is 11.4. The molecule has 2 atom stereocenters. The first-order valence-corrected chi connectivity index (χ1v) is 4.32. The van der Waals surface area contributed by atoms with Crippen molar-refractivity contribution in [3.05, 3.63) is 23.5 Å². The zero-order valence-electron chi connectivity index (χ0n) is 7.74. The summed E-state index contributed by atoms with van der Waals surface area (Å²) in [5.74, 6) is 1.05. The van der Waals surface area contributed by atoms with Crippen LogP contribution in [0.1, 0.15) is 6.42 Å². The molecule has 0 radical (unpaired) electrons. The molecule has 2 bridgehead atoms. The van der Waals surface area contributed by atoms with Crippen molar-refractivity contribution in [2.75, 3.05) is 14.2 Å². The van der Waals surface area contributed by atoms with Gasteiger partial charge in [-0.1, -0.05) is 12.2 Å². The Morgan fingerprint density at radius 3 is 2.69 bits per heavy atom. The zero-order valence-corrected chi connectivity index (χ0v) is 7.74. The van der Waals surface area contributed by atoms with Crippen LogP contribution in [-0.4, -0.2) is 20.2 Å². The average molecular weight is 180 g/mol. The Morgan fingerprint density at radius 1 is 1.38 bits per heavy atom. The number of allylic oxidation sites excluding steroid dienone is 2. The smallest absolute Gasteiger partial charge is 0.337 e. The Labute approximate surface area is 77.0 Å². The van der Waals surface area contributed by atoms with Gasteiger partial charge in [0.25, 0.3) is 0 Å². The normalized spacial score (nSPS) is 29.7. The molecule has 0 saturated carbocycles. The molecule has 0 saturated heterocycles. The Bertz CT molecular complexity index is 301. The molecule has 0 aliphatic heterocycles. The third-order valence-electron chi connectivity index (χ3n) is 2.68. The topological polar surface area (TPSA) is 35.5 Å². The van der Waals surface area contributed by atoms with Gasteiger partial charge in [-0.25, -0.2) is 4.79 Å². The van der Waals surface area contributed by atoms with E-state index in [1.54, 1.807) is 7.11 Å². The lowest BCUT2D eigenvalue weighted by molar-refractivity contribution is -0.136. The van der Waals surface area contributed by atoms with Gasteiger partial charge in [0.05, 0.1) is 19.8 Å². The van der Waals surface area contributed by atoms with Gasteiger partial charge in [0.15, 0.2) is 0 Å². The van der Waals surface area contributed by atoms with Crippen LogP contribution >= 0.6 is 0 Å². The number of ether oxygens (including phenoxy) is 2. The van der Waals surface area contributed by atoms with Crippen molar-refractivity contribution >= 4 is 5.97 Å². The summed E-state index contributed by atoms with van der Waals surface area (Å²) >= 11 is 0. The van der Waals surface area contributed by atoms with Crippen LogP contribution in [0.5, 0.6) is 0 Å². The first-order valence-electron chi connectivity index (χ1n) is 4.32. The van der Waals surface area contributed by atoms with Crippen LogP contribution < -0.4 is 0 Å². The molecular formula is C10H12O3. The minimum Gasteiger partial charge on any atom is -0.500 e. The van der Waals surface area contributed by atoms with Gasteiger partial charge >= 0.3 is 5.97 Å². The number of methoxy groups -OCH3 is 2. The van der Waals surface area contributed by atoms with Gasteiger partial charge in [-0.2, -0.15) is 0 Å². The number of esters is 1. The molecule has 0 N–H and O–H groups in total. The minimum absolute atomic E-state index is 0.215. The second kappa shape index (κ2) is 2.91. The Balaban J connectivity index is 2.33. The monoisotopic (exact) mass is 180 g/mol. The number of carbonyl (C=O) groups is 1. The molecule has 0 amide bonds. The lowest BCUT2D eigenvalue weighted by atomic mass is 10.0. The van der Waals surface area contributed by atoms with Crippen LogP contribution in [0.2, 0.25) is 0 Å². The van der Waals surface area contributed by atoms with E-state index >= 15 is 0 Å². The van der Waals surface area contributed by atoms with E-state index in [0.717, 1.165) is 12.2 Å². The molecule has 3 nitrogen and oxygen atoms in total. The maximum Gasteiger partial charge on any atom is 0.337 e. The lowest BCUT2D eigenvalue weighted by Crippen LogP contribution is -2.12. The van der Waals surface area contributed by atoms with E-state index in [4.69, 9.17) is 9.47 Å². The van der Waals surface area contributed by atoms with Gasteiger partial charge < -0.3 is 9.47 Å². The highest BCUT2D eigenvalue weighted by molar-refractivity contribution is 5.91. The fourth-order valence-corrected chi connectivity index (χ4v) is 2.11. The Kier molecular flexibility index (Phi) is 1.87. The zero-order chi connectivity index (χ0) is 9.42. The number of rotatable bonds is 2. The molecule has 2 aliphatic rings. The summed E-state index contributed by atoms with van der Waals surface area (Å²) in [6.45, 7) is 0. The highest BCUT2D eigenvalue weighted by Gasteiger charge is 2.40. The maximum atomic E-state index is 11.4. The largest absolute Gasteiger partial charge is 0.500 e. The van der Waals surface area contributed by atoms with Gasteiger partial charge in [-0.05, 0) is 6.42 Å². The summed E-state index contributed by atoms with van der Waals surface area (Å²) in [6.07, 6.45) is 5.11. The lowest BCUT2D eigenvalue weighted by Gasteiger charge is -2.12. The Morgan fingerprint density at radius 2 is 2.08 bits per heavy atom. The molecule has 0 heterocycles. The van der Waals surface area contributed by atoms with Crippen molar-refractivity contribution < 1.29 is 14.3 Å². The summed E-state index contributed by atoms with van der Waals surface area (Å²) in [6, 6.07) is 0. The first kappa shape index (κ1) is 8.35. The standard InChI is InChI=1S/C10H12O3/c1-12-9-7-4-3-6(5-7)8(9)10(11)13-2/h3-4,6-7H,5H2,1-2H3. The number of carbonyl (C=O) groups excluding carboxylic acids is 1. The van der Waals surface area contributed by atoms with Crippen molar-refractivity contribution in [2.24, 2.45) is 11.8 Å². The summed E-state index contributed by atoms with van der Waals surface area (Å²) in [7, 11) is 3.01. The predicted octanol–water partition coefficient (Wildman–Crippen LogP) is 1.27. The summed E-state index contributed by atoms with van der Waals surface area (Å²) < 4.78 is 9.92. The van der Waals surface area contributed by atoms with E-state index in [-0.39, 0.29) is 11.9 Å². The third kappa shape index (κ3) is 1.07. The highest BCUT2D eigenvalue weighted by atomic mass is 16.5. The molecule has 2 aliphatic carbocycles. The molecule has 0 aromatic rings. The minimum atomic E-state index is -0.256. The quantitative estimate of drug-likeness (QED) is 0.474. The van der Waals surface area contributed by atoms with Crippen LogP contribution in [0, 0.1) is 11.8 Å². The fourth-order valence-electron chi connectivity index (χ4n) is 2.11. The summed E-state index contributed by atoms with van der Waals surface area (Å²) in [5, 5.41) is 0. The second-order valence-electron chi connectivity index (χ2n) is 3.31. The van der Waals surface area contributed by atoms with Gasteiger partial charge in [0.2, 0.25) is 0 Å². The molecule has 0 spiro atoms. The van der Waals surface area contributed by atoms with Crippen LogP contribution in [0.25, 0.3) is 0 Å². The maximum absolute atomic E-state index is 11.4. The molecule has 0 aromatic heterocycles. The molecule has 13 heavy (non-hydrogen) atoms. The molecule has 70 valence electrons. The van der Waals surface area contributed by atoms with E-state index in [9.17, 15) is 4.79 Å². The van der Waals surface area contributed by atoms with Gasteiger partial charge in [0, 0.05) is 11.8 Å². The van der Waals surface area contributed by atoms with Crippen LogP contribution in [0.4, 0.5) is 0 Å². The molecule has 2 unspecified atom stereocenters. The number of fused-ring (bicyclic) bond motifs is 2. The van der Waals surface area contributed by atoms with Crippen molar-refractivity contribution in [1.82, 2.24) is 0 Å². The molecular weight excluding hydrogens is 168 g/mol. The number of hydrogen-bond donors (Lipinski definition) is 0.